The van der Waals surface area contributed by atoms with Crippen LogP contribution in [-0.2, 0) is 11.3 Å². The number of methoxy groups -OCH3 is 1. The molecule has 1 aromatic rings. The van der Waals surface area contributed by atoms with Gasteiger partial charge >= 0.3 is 0 Å². The first-order valence-electron chi connectivity index (χ1n) is 7.33. The van der Waals surface area contributed by atoms with E-state index in [0.717, 1.165) is 19.7 Å². The molecule has 0 atom stereocenters. The van der Waals surface area contributed by atoms with Crippen molar-refractivity contribution >= 4 is 0 Å². The van der Waals surface area contributed by atoms with Crippen molar-refractivity contribution in [2.45, 2.75) is 46.6 Å². The zero-order valence-electron chi connectivity index (χ0n) is 12.8. The predicted molar refractivity (Wildman–Crippen MR) is 80.5 cm³/mol. The van der Waals surface area contributed by atoms with E-state index in [2.05, 4.69) is 38.2 Å². The van der Waals surface area contributed by atoms with Gasteiger partial charge in [0.05, 0.1) is 0 Å². The van der Waals surface area contributed by atoms with Crippen LogP contribution >= 0.6 is 0 Å². The molecule has 0 amide bonds. The quantitative estimate of drug-likeness (QED) is 0.811. The Morgan fingerprint density at radius 2 is 1.79 bits per heavy atom. The number of aryl methyl sites for hydroxylation is 3. The molecule has 1 N–H and O–H groups in total. The van der Waals surface area contributed by atoms with Crippen LogP contribution in [0.4, 0.5) is 0 Å². The van der Waals surface area contributed by atoms with Crippen LogP contribution < -0.4 is 5.32 Å². The summed E-state index contributed by atoms with van der Waals surface area (Å²) in [5.41, 5.74) is 6.17. The summed E-state index contributed by atoms with van der Waals surface area (Å²) in [5.74, 6) is 0. The minimum atomic E-state index is 0.530. The number of rotatable bonds is 7. The Morgan fingerprint density at radius 3 is 2.32 bits per heavy atom. The fourth-order valence-corrected chi connectivity index (χ4v) is 2.95. The van der Waals surface area contributed by atoms with E-state index < -0.39 is 0 Å². The van der Waals surface area contributed by atoms with E-state index in [-0.39, 0.29) is 0 Å². The molecule has 0 aromatic heterocycles. The highest BCUT2D eigenvalue weighted by molar-refractivity contribution is 5.37. The van der Waals surface area contributed by atoms with Gasteiger partial charge in [-0.25, -0.2) is 0 Å². The lowest BCUT2D eigenvalue weighted by atomic mass is 9.99. The fraction of sp³-hybridized carbons (Fsp3) is 0.647. The number of hydrogen-bond acceptors (Lipinski definition) is 2. The summed E-state index contributed by atoms with van der Waals surface area (Å²) in [6.07, 6.45) is 3.91. The van der Waals surface area contributed by atoms with Crippen LogP contribution in [0.1, 0.15) is 41.5 Å². The van der Waals surface area contributed by atoms with Crippen molar-refractivity contribution in [2.75, 3.05) is 20.3 Å². The van der Waals surface area contributed by atoms with Crippen LogP contribution in [0.15, 0.2) is 12.1 Å². The smallest absolute Gasteiger partial charge is 0.0468 e. The maximum Gasteiger partial charge on any atom is 0.0468 e. The van der Waals surface area contributed by atoms with Crippen LogP contribution in [0.5, 0.6) is 0 Å². The topological polar surface area (TPSA) is 21.3 Å². The van der Waals surface area contributed by atoms with Crippen molar-refractivity contribution in [3.63, 3.8) is 0 Å². The first-order chi connectivity index (χ1) is 9.06. The summed E-state index contributed by atoms with van der Waals surface area (Å²) >= 11 is 0. The summed E-state index contributed by atoms with van der Waals surface area (Å²) in [6.45, 7) is 9.62. The summed E-state index contributed by atoms with van der Waals surface area (Å²) in [4.78, 5) is 0. The average Bonchev–Trinajstić information content (AvgIpc) is 3.10. The van der Waals surface area contributed by atoms with Gasteiger partial charge in [0, 0.05) is 26.8 Å². The summed E-state index contributed by atoms with van der Waals surface area (Å²) < 4.78 is 5.21. The van der Waals surface area contributed by atoms with Crippen LogP contribution in [-0.4, -0.2) is 20.3 Å². The molecule has 0 bridgehead atoms. The summed E-state index contributed by atoms with van der Waals surface area (Å²) in [6, 6.07) is 4.56. The van der Waals surface area contributed by atoms with Gasteiger partial charge in [-0.2, -0.15) is 0 Å². The lowest BCUT2D eigenvalue weighted by Crippen LogP contribution is -2.25. The Bertz CT molecular complexity index is 412. The molecule has 1 aliphatic rings. The Balaban J connectivity index is 1.86. The molecule has 0 aliphatic heterocycles. The maximum absolute atomic E-state index is 5.21. The lowest BCUT2D eigenvalue weighted by molar-refractivity contribution is 0.171. The van der Waals surface area contributed by atoms with E-state index in [1.54, 1.807) is 7.11 Å². The molecule has 1 saturated carbocycles. The third-order valence-electron chi connectivity index (χ3n) is 4.44. The Labute approximate surface area is 117 Å². The number of ether oxygens (including phenoxy) is 1. The van der Waals surface area contributed by atoms with Crippen LogP contribution in [0.2, 0.25) is 0 Å². The summed E-state index contributed by atoms with van der Waals surface area (Å²) in [7, 11) is 1.79. The first-order valence-corrected chi connectivity index (χ1v) is 7.33. The normalized spacial score (nSPS) is 16.6. The number of benzene rings is 1. The highest BCUT2D eigenvalue weighted by atomic mass is 16.5. The highest BCUT2D eigenvalue weighted by Crippen LogP contribution is 2.48. The molecular formula is C17H27NO. The average molecular weight is 261 g/mol. The second kappa shape index (κ2) is 6.06. The van der Waals surface area contributed by atoms with Crippen molar-refractivity contribution in [2.24, 2.45) is 5.41 Å². The van der Waals surface area contributed by atoms with Gasteiger partial charge < -0.3 is 10.1 Å². The van der Waals surface area contributed by atoms with Gasteiger partial charge in [0.25, 0.3) is 0 Å². The molecule has 0 heterocycles. The lowest BCUT2D eigenvalue weighted by Gasteiger charge is -2.17. The molecule has 0 unspecified atom stereocenters. The van der Waals surface area contributed by atoms with Gasteiger partial charge in [0.2, 0.25) is 0 Å². The van der Waals surface area contributed by atoms with Gasteiger partial charge in [-0.05, 0) is 62.1 Å². The van der Waals surface area contributed by atoms with Crippen molar-refractivity contribution in [1.82, 2.24) is 5.32 Å². The minimum Gasteiger partial charge on any atom is -0.385 e. The molecule has 1 aliphatic carbocycles. The largest absolute Gasteiger partial charge is 0.385 e. The van der Waals surface area contributed by atoms with Crippen molar-refractivity contribution in [1.29, 1.82) is 0 Å². The van der Waals surface area contributed by atoms with E-state index in [4.69, 9.17) is 4.74 Å². The third-order valence-corrected chi connectivity index (χ3v) is 4.44. The Kier molecular flexibility index (Phi) is 4.64. The second-order valence-electron chi connectivity index (χ2n) is 6.22. The van der Waals surface area contributed by atoms with Crippen LogP contribution in [0.25, 0.3) is 0 Å². The monoisotopic (exact) mass is 261 g/mol. The van der Waals surface area contributed by atoms with E-state index in [1.165, 1.54) is 41.5 Å². The summed E-state index contributed by atoms with van der Waals surface area (Å²) in [5, 5.41) is 3.66. The van der Waals surface area contributed by atoms with Gasteiger partial charge in [-0.3, -0.25) is 0 Å². The molecule has 2 nitrogen and oxygen atoms in total. The van der Waals surface area contributed by atoms with Crippen LogP contribution in [0.3, 0.4) is 0 Å². The van der Waals surface area contributed by atoms with E-state index >= 15 is 0 Å². The zero-order valence-corrected chi connectivity index (χ0v) is 12.8. The molecule has 0 saturated heterocycles. The third kappa shape index (κ3) is 3.80. The van der Waals surface area contributed by atoms with E-state index in [9.17, 15) is 0 Å². The number of hydrogen-bond donors (Lipinski definition) is 1. The van der Waals surface area contributed by atoms with Crippen molar-refractivity contribution < 1.29 is 4.74 Å². The van der Waals surface area contributed by atoms with Crippen molar-refractivity contribution in [3.8, 4) is 0 Å². The standard InChI is InChI=1S/C17H27NO/c1-13-9-14(2)16(15(3)10-13)11-18-12-17(5-6-17)7-8-19-4/h9-10,18H,5-8,11-12H2,1-4H3. The molecule has 1 fully saturated rings. The molecule has 2 heteroatoms. The first kappa shape index (κ1) is 14.5. The van der Waals surface area contributed by atoms with Crippen LogP contribution in [0, 0.1) is 26.2 Å². The second-order valence-corrected chi connectivity index (χ2v) is 6.22. The van der Waals surface area contributed by atoms with E-state index in [1.807, 2.05) is 0 Å². The fourth-order valence-electron chi connectivity index (χ4n) is 2.95. The molecule has 106 valence electrons. The zero-order chi connectivity index (χ0) is 13.9. The Hall–Kier alpha value is -0.860. The maximum atomic E-state index is 5.21. The Morgan fingerprint density at radius 1 is 1.16 bits per heavy atom. The predicted octanol–water partition coefficient (Wildman–Crippen LogP) is 3.52. The molecular weight excluding hydrogens is 234 g/mol. The van der Waals surface area contributed by atoms with Gasteiger partial charge in [0.15, 0.2) is 0 Å². The molecule has 0 spiro atoms. The van der Waals surface area contributed by atoms with Gasteiger partial charge in [0.1, 0.15) is 0 Å². The molecule has 0 radical (unpaired) electrons. The minimum absolute atomic E-state index is 0.530. The molecule has 19 heavy (non-hydrogen) atoms. The SMILES string of the molecule is COCCC1(CNCc2c(C)cc(C)cc2C)CC1. The van der Waals surface area contributed by atoms with Crippen molar-refractivity contribution in [3.05, 3.63) is 34.4 Å². The van der Waals surface area contributed by atoms with E-state index in [0.29, 0.717) is 5.41 Å². The molecule has 1 aromatic carbocycles. The highest BCUT2D eigenvalue weighted by Gasteiger charge is 2.41. The van der Waals surface area contributed by atoms with Gasteiger partial charge in [-0.1, -0.05) is 17.7 Å². The molecule has 2 rings (SSSR count). The van der Waals surface area contributed by atoms with Gasteiger partial charge in [-0.15, -0.1) is 0 Å². The number of nitrogens with one attached hydrogen (secondary N) is 1.